The molecule has 0 aliphatic carbocycles. The van der Waals surface area contributed by atoms with Crippen LogP contribution in [0.25, 0.3) is 0 Å². The summed E-state index contributed by atoms with van der Waals surface area (Å²) in [5, 5.41) is 7.29. The molecule has 114 valence electrons. The van der Waals surface area contributed by atoms with Gasteiger partial charge in [0.25, 0.3) is 0 Å². The maximum absolute atomic E-state index is 5.30. The SMILES string of the molecule is CCCc1nc(C)cc(NC(C)c2nc(C(C)C)no2)n1. The van der Waals surface area contributed by atoms with Crippen LogP contribution in [0.3, 0.4) is 0 Å². The molecule has 0 saturated carbocycles. The molecule has 2 aromatic heterocycles. The van der Waals surface area contributed by atoms with Crippen molar-refractivity contribution in [3.63, 3.8) is 0 Å². The van der Waals surface area contributed by atoms with Crippen LogP contribution in [0.2, 0.25) is 0 Å². The second-order valence-corrected chi connectivity index (χ2v) is 5.57. The quantitative estimate of drug-likeness (QED) is 0.878. The van der Waals surface area contributed by atoms with Crippen LogP contribution in [0.5, 0.6) is 0 Å². The number of rotatable bonds is 6. The summed E-state index contributed by atoms with van der Waals surface area (Å²) in [5.74, 6) is 3.21. The Hall–Kier alpha value is -1.98. The Morgan fingerprint density at radius 2 is 1.95 bits per heavy atom. The smallest absolute Gasteiger partial charge is 0.248 e. The molecule has 1 N–H and O–H groups in total. The molecule has 0 saturated heterocycles. The minimum absolute atomic E-state index is 0.0891. The predicted octanol–water partition coefficient (Wildman–Crippen LogP) is 3.42. The Bertz CT molecular complexity index is 593. The number of anilines is 1. The van der Waals surface area contributed by atoms with Crippen molar-refractivity contribution in [2.75, 3.05) is 5.32 Å². The molecule has 0 amide bonds. The summed E-state index contributed by atoms with van der Waals surface area (Å²) in [6.07, 6.45) is 1.91. The maximum Gasteiger partial charge on any atom is 0.248 e. The molecule has 6 nitrogen and oxygen atoms in total. The molecule has 0 aromatic carbocycles. The van der Waals surface area contributed by atoms with E-state index in [9.17, 15) is 0 Å². The minimum Gasteiger partial charge on any atom is -0.358 e. The number of aryl methyl sites for hydroxylation is 2. The van der Waals surface area contributed by atoms with Gasteiger partial charge in [0.1, 0.15) is 17.7 Å². The van der Waals surface area contributed by atoms with Crippen molar-refractivity contribution >= 4 is 5.82 Å². The summed E-state index contributed by atoms with van der Waals surface area (Å²) in [7, 11) is 0. The van der Waals surface area contributed by atoms with Crippen molar-refractivity contribution in [1.82, 2.24) is 20.1 Å². The molecular formula is C15H23N5O. The summed E-state index contributed by atoms with van der Waals surface area (Å²) < 4.78 is 5.30. The van der Waals surface area contributed by atoms with Gasteiger partial charge in [-0.15, -0.1) is 0 Å². The molecule has 0 aliphatic rings. The van der Waals surface area contributed by atoms with Gasteiger partial charge in [-0.2, -0.15) is 4.98 Å². The van der Waals surface area contributed by atoms with Gasteiger partial charge in [-0.05, 0) is 20.3 Å². The van der Waals surface area contributed by atoms with Crippen LogP contribution >= 0.6 is 0 Å². The summed E-state index contributed by atoms with van der Waals surface area (Å²) in [4.78, 5) is 13.4. The molecule has 1 atom stereocenters. The third-order valence-corrected chi connectivity index (χ3v) is 3.08. The molecule has 0 bridgehead atoms. The van der Waals surface area contributed by atoms with Crippen LogP contribution in [0, 0.1) is 6.92 Å². The van der Waals surface area contributed by atoms with E-state index in [2.05, 4.69) is 32.3 Å². The number of hydrogen-bond acceptors (Lipinski definition) is 6. The highest BCUT2D eigenvalue weighted by Crippen LogP contribution is 2.19. The zero-order valence-corrected chi connectivity index (χ0v) is 13.3. The van der Waals surface area contributed by atoms with E-state index in [0.29, 0.717) is 5.89 Å². The molecule has 2 rings (SSSR count). The van der Waals surface area contributed by atoms with Crippen LogP contribution in [0.1, 0.15) is 69.3 Å². The van der Waals surface area contributed by atoms with E-state index in [1.165, 1.54) is 0 Å². The number of hydrogen-bond donors (Lipinski definition) is 1. The third-order valence-electron chi connectivity index (χ3n) is 3.08. The lowest BCUT2D eigenvalue weighted by Crippen LogP contribution is -2.10. The first kappa shape index (κ1) is 15.4. The monoisotopic (exact) mass is 289 g/mol. The average molecular weight is 289 g/mol. The Kier molecular flexibility index (Phi) is 4.88. The van der Waals surface area contributed by atoms with Gasteiger partial charge in [-0.25, -0.2) is 9.97 Å². The highest BCUT2D eigenvalue weighted by Gasteiger charge is 2.16. The third kappa shape index (κ3) is 4.00. The van der Waals surface area contributed by atoms with E-state index < -0.39 is 0 Å². The second kappa shape index (κ2) is 6.65. The zero-order valence-electron chi connectivity index (χ0n) is 13.3. The van der Waals surface area contributed by atoms with Crippen LogP contribution < -0.4 is 5.32 Å². The molecule has 1 unspecified atom stereocenters. The van der Waals surface area contributed by atoms with E-state index in [4.69, 9.17) is 4.52 Å². The summed E-state index contributed by atoms with van der Waals surface area (Å²) in [5.41, 5.74) is 0.955. The van der Waals surface area contributed by atoms with Crippen molar-refractivity contribution in [2.45, 2.75) is 59.4 Å². The largest absolute Gasteiger partial charge is 0.358 e. The van der Waals surface area contributed by atoms with Crippen LogP contribution in [-0.2, 0) is 6.42 Å². The van der Waals surface area contributed by atoms with Gasteiger partial charge in [0, 0.05) is 24.1 Å². The number of nitrogens with one attached hydrogen (secondary N) is 1. The molecule has 0 spiro atoms. The molecule has 0 radical (unpaired) electrons. The highest BCUT2D eigenvalue weighted by molar-refractivity contribution is 5.37. The van der Waals surface area contributed by atoms with Gasteiger partial charge in [-0.1, -0.05) is 25.9 Å². The van der Waals surface area contributed by atoms with Gasteiger partial charge in [0.2, 0.25) is 5.89 Å². The maximum atomic E-state index is 5.30. The van der Waals surface area contributed by atoms with Gasteiger partial charge in [-0.3, -0.25) is 0 Å². The van der Waals surface area contributed by atoms with Gasteiger partial charge in [0.15, 0.2) is 5.82 Å². The second-order valence-electron chi connectivity index (χ2n) is 5.57. The van der Waals surface area contributed by atoms with Crippen molar-refractivity contribution in [2.24, 2.45) is 0 Å². The average Bonchev–Trinajstić information content (AvgIpc) is 2.88. The summed E-state index contributed by atoms with van der Waals surface area (Å²) >= 11 is 0. The van der Waals surface area contributed by atoms with Crippen LogP contribution in [-0.4, -0.2) is 20.1 Å². The van der Waals surface area contributed by atoms with Crippen molar-refractivity contribution in [1.29, 1.82) is 0 Å². The number of aromatic nitrogens is 4. The first-order chi connectivity index (χ1) is 9.99. The van der Waals surface area contributed by atoms with Crippen molar-refractivity contribution in [3.8, 4) is 0 Å². The van der Waals surface area contributed by atoms with E-state index in [1.54, 1.807) is 0 Å². The Morgan fingerprint density at radius 1 is 1.19 bits per heavy atom. The van der Waals surface area contributed by atoms with Crippen molar-refractivity contribution < 1.29 is 4.52 Å². The lowest BCUT2D eigenvalue weighted by molar-refractivity contribution is 0.361. The fourth-order valence-corrected chi connectivity index (χ4v) is 1.98. The first-order valence-corrected chi connectivity index (χ1v) is 7.44. The lowest BCUT2D eigenvalue weighted by Gasteiger charge is -2.12. The predicted molar refractivity (Wildman–Crippen MR) is 81.2 cm³/mol. The Labute approximate surface area is 125 Å². The fraction of sp³-hybridized carbons (Fsp3) is 0.600. The standard InChI is InChI=1S/C15H23N5O/c1-6-7-12-16-10(4)8-13(18-12)17-11(5)15-19-14(9(2)3)20-21-15/h8-9,11H,6-7H2,1-5H3,(H,16,17,18). The van der Waals surface area contributed by atoms with Crippen LogP contribution in [0.15, 0.2) is 10.6 Å². The Balaban J connectivity index is 2.12. The lowest BCUT2D eigenvalue weighted by atomic mass is 10.2. The van der Waals surface area contributed by atoms with Gasteiger partial charge in [0.05, 0.1) is 0 Å². The highest BCUT2D eigenvalue weighted by atomic mass is 16.5. The molecule has 2 heterocycles. The molecule has 2 aromatic rings. The summed E-state index contributed by atoms with van der Waals surface area (Å²) in [6, 6.07) is 1.84. The molecule has 0 fully saturated rings. The topological polar surface area (TPSA) is 76.7 Å². The summed E-state index contributed by atoms with van der Waals surface area (Å²) in [6.45, 7) is 10.1. The Morgan fingerprint density at radius 3 is 2.57 bits per heavy atom. The van der Waals surface area contributed by atoms with Gasteiger partial charge >= 0.3 is 0 Å². The van der Waals surface area contributed by atoms with Gasteiger partial charge < -0.3 is 9.84 Å². The molecule has 0 aliphatic heterocycles. The van der Waals surface area contributed by atoms with Crippen LogP contribution in [0.4, 0.5) is 5.82 Å². The van der Waals surface area contributed by atoms with E-state index in [-0.39, 0.29) is 12.0 Å². The van der Waals surface area contributed by atoms with E-state index in [0.717, 1.165) is 36.0 Å². The van der Waals surface area contributed by atoms with E-state index in [1.807, 2.05) is 33.8 Å². The fourth-order valence-electron chi connectivity index (χ4n) is 1.98. The van der Waals surface area contributed by atoms with E-state index >= 15 is 0 Å². The molecule has 21 heavy (non-hydrogen) atoms. The molecule has 6 heteroatoms. The first-order valence-electron chi connectivity index (χ1n) is 7.44. The van der Waals surface area contributed by atoms with Crippen molar-refractivity contribution in [3.05, 3.63) is 29.3 Å². The number of nitrogens with zero attached hydrogens (tertiary/aromatic N) is 4. The molecular weight excluding hydrogens is 266 g/mol. The zero-order chi connectivity index (χ0) is 15.4. The minimum atomic E-state index is -0.0891. The normalized spacial score (nSPS) is 12.7.